The van der Waals surface area contributed by atoms with Gasteiger partial charge in [0, 0.05) is 24.5 Å². The van der Waals surface area contributed by atoms with Crippen LogP contribution in [0.1, 0.15) is 48.8 Å². The quantitative estimate of drug-likeness (QED) is 0.717. The molecule has 3 rings (SSSR count). The van der Waals surface area contributed by atoms with E-state index >= 15 is 0 Å². The largest absolute Gasteiger partial charge is 0.303 e. The van der Waals surface area contributed by atoms with Crippen LogP contribution in [0.2, 0.25) is 0 Å². The Morgan fingerprint density at radius 1 is 1.31 bits per heavy atom. The normalized spacial score (nSPS) is 13.1. The summed E-state index contributed by atoms with van der Waals surface area (Å²) in [6.45, 7) is 8.63. The highest BCUT2D eigenvalue weighted by atomic mass is 32.1. The second kappa shape index (κ2) is 7.59. The molecule has 2 aromatic heterocycles. The summed E-state index contributed by atoms with van der Waals surface area (Å²) in [6, 6.07) is 4.89. The predicted octanol–water partition coefficient (Wildman–Crippen LogP) is 3.25. The lowest BCUT2D eigenvalue weighted by Gasteiger charge is -2.25. The van der Waals surface area contributed by atoms with E-state index in [9.17, 15) is 4.39 Å². The van der Waals surface area contributed by atoms with Gasteiger partial charge < -0.3 is 5.32 Å². The second-order valence-electron chi connectivity index (χ2n) is 7.19. The Kier molecular flexibility index (Phi) is 5.43. The second-order valence-corrected chi connectivity index (χ2v) is 8.17. The minimum atomic E-state index is -0.261. The molecule has 26 heavy (non-hydrogen) atoms. The lowest BCUT2D eigenvalue weighted by molar-refractivity contribution is 0.325. The molecule has 2 heterocycles. The van der Waals surface area contributed by atoms with Crippen molar-refractivity contribution in [2.24, 2.45) is 0 Å². The maximum Gasteiger partial charge on any atom is 0.173 e. The zero-order valence-electron chi connectivity index (χ0n) is 15.4. The number of hydrogen-bond donors (Lipinski definition) is 1. The van der Waals surface area contributed by atoms with Crippen LogP contribution in [-0.4, -0.2) is 31.7 Å². The fourth-order valence-corrected chi connectivity index (χ4v) is 3.38. The third-order valence-corrected chi connectivity index (χ3v) is 4.91. The number of thiazole rings is 1. The molecular weight excluding hydrogens is 351 g/mol. The maximum atomic E-state index is 13.7. The monoisotopic (exact) mass is 374 g/mol. The standard InChI is InChI=1S/C18H23FN6S/c1-12-11-13(5-6-14(12)19)16(21-8-7-15-20-9-10-26-15)17-22-23-24-25(17)18(2,3)4/h5-6,9-11,16,21H,7-8H2,1-4H3. The molecule has 0 aliphatic heterocycles. The highest BCUT2D eigenvalue weighted by molar-refractivity contribution is 7.09. The summed E-state index contributed by atoms with van der Waals surface area (Å²) in [4.78, 5) is 4.31. The topological polar surface area (TPSA) is 68.5 Å². The Hall–Kier alpha value is -2.19. The molecule has 1 N–H and O–H groups in total. The van der Waals surface area contributed by atoms with E-state index in [1.807, 2.05) is 16.1 Å². The number of tetrazole rings is 1. The number of halogens is 1. The third-order valence-electron chi connectivity index (χ3n) is 4.07. The molecule has 0 bridgehead atoms. The number of rotatable bonds is 6. The minimum absolute atomic E-state index is 0.217. The SMILES string of the molecule is Cc1cc(C(NCCc2nccs2)c2nnnn2C(C)(C)C)ccc1F. The summed E-state index contributed by atoms with van der Waals surface area (Å²) in [5.41, 5.74) is 1.27. The first-order valence-corrected chi connectivity index (χ1v) is 9.41. The summed E-state index contributed by atoms with van der Waals surface area (Å²) in [7, 11) is 0. The van der Waals surface area contributed by atoms with Gasteiger partial charge in [0.25, 0.3) is 0 Å². The van der Waals surface area contributed by atoms with Crippen LogP contribution in [-0.2, 0) is 12.0 Å². The number of aromatic nitrogens is 5. The zero-order chi connectivity index (χ0) is 18.7. The van der Waals surface area contributed by atoms with Crippen LogP contribution in [0.15, 0.2) is 29.8 Å². The molecule has 3 aromatic rings. The van der Waals surface area contributed by atoms with Crippen molar-refractivity contribution in [2.75, 3.05) is 6.54 Å². The molecule has 0 saturated heterocycles. The number of nitrogens with one attached hydrogen (secondary N) is 1. The molecule has 1 aromatic carbocycles. The molecular formula is C18H23FN6S. The molecule has 0 saturated carbocycles. The Morgan fingerprint density at radius 3 is 2.77 bits per heavy atom. The molecule has 0 fully saturated rings. The molecule has 138 valence electrons. The van der Waals surface area contributed by atoms with Crippen molar-refractivity contribution < 1.29 is 4.39 Å². The summed E-state index contributed by atoms with van der Waals surface area (Å²) >= 11 is 1.63. The third kappa shape index (κ3) is 4.13. The van der Waals surface area contributed by atoms with Crippen LogP contribution in [0.5, 0.6) is 0 Å². The van der Waals surface area contributed by atoms with Crippen LogP contribution in [0.25, 0.3) is 0 Å². The summed E-state index contributed by atoms with van der Waals surface area (Å²) in [5, 5.41) is 18.9. The van der Waals surface area contributed by atoms with Gasteiger partial charge in [-0.05, 0) is 55.3 Å². The number of hydrogen-bond acceptors (Lipinski definition) is 6. The maximum absolute atomic E-state index is 13.7. The number of nitrogens with zero attached hydrogens (tertiary/aromatic N) is 5. The highest BCUT2D eigenvalue weighted by Crippen LogP contribution is 2.25. The van der Waals surface area contributed by atoms with E-state index in [4.69, 9.17) is 0 Å². The molecule has 0 aliphatic carbocycles. The Labute approximate surface area is 156 Å². The van der Waals surface area contributed by atoms with Crippen LogP contribution in [0.3, 0.4) is 0 Å². The van der Waals surface area contributed by atoms with Crippen molar-refractivity contribution >= 4 is 11.3 Å². The fraction of sp³-hybridized carbons (Fsp3) is 0.444. The van der Waals surface area contributed by atoms with Gasteiger partial charge in [0.15, 0.2) is 5.82 Å². The van der Waals surface area contributed by atoms with Crippen LogP contribution >= 0.6 is 11.3 Å². The van der Waals surface area contributed by atoms with Gasteiger partial charge in [-0.1, -0.05) is 12.1 Å². The van der Waals surface area contributed by atoms with Crippen molar-refractivity contribution in [3.63, 3.8) is 0 Å². The Balaban J connectivity index is 1.90. The molecule has 6 nitrogen and oxygen atoms in total. The molecule has 0 aliphatic rings. The van der Waals surface area contributed by atoms with Gasteiger partial charge in [-0.2, -0.15) is 0 Å². The minimum Gasteiger partial charge on any atom is -0.303 e. The van der Waals surface area contributed by atoms with Gasteiger partial charge in [-0.15, -0.1) is 16.4 Å². The van der Waals surface area contributed by atoms with Crippen molar-refractivity contribution in [2.45, 2.75) is 45.7 Å². The van der Waals surface area contributed by atoms with Gasteiger partial charge in [-0.25, -0.2) is 14.1 Å². The van der Waals surface area contributed by atoms with Crippen LogP contribution in [0, 0.1) is 12.7 Å². The molecule has 1 unspecified atom stereocenters. The molecule has 1 atom stereocenters. The number of benzene rings is 1. The Morgan fingerprint density at radius 2 is 2.12 bits per heavy atom. The van der Waals surface area contributed by atoms with E-state index in [0.717, 1.165) is 17.0 Å². The Bertz CT molecular complexity index is 853. The molecule has 8 heteroatoms. The van der Waals surface area contributed by atoms with Gasteiger partial charge in [0.1, 0.15) is 5.82 Å². The summed E-state index contributed by atoms with van der Waals surface area (Å²) in [6.07, 6.45) is 2.62. The van der Waals surface area contributed by atoms with E-state index in [0.29, 0.717) is 17.9 Å². The predicted molar refractivity (Wildman–Crippen MR) is 99.6 cm³/mol. The highest BCUT2D eigenvalue weighted by Gasteiger charge is 2.27. The summed E-state index contributed by atoms with van der Waals surface area (Å²) in [5.74, 6) is 0.494. The first-order valence-electron chi connectivity index (χ1n) is 8.53. The van der Waals surface area contributed by atoms with Gasteiger partial charge in [-0.3, -0.25) is 0 Å². The average molecular weight is 374 g/mol. The first kappa shape index (κ1) is 18.6. The molecule has 0 spiro atoms. The van der Waals surface area contributed by atoms with Crippen molar-refractivity contribution in [3.8, 4) is 0 Å². The van der Waals surface area contributed by atoms with Crippen LogP contribution in [0.4, 0.5) is 4.39 Å². The molecule has 0 radical (unpaired) electrons. The van der Waals surface area contributed by atoms with E-state index in [1.54, 1.807) is 30.5 Å². The fourth-order valence-electron chi connectivity index (χ4n) is 2.76. The van der Waals surface area contributed by atoms with Gasteiger partial charge in [0.2, 0.25) is 0 Å². The van der Waals surface area contributed by atoms with Crippen molar-refractivity contribution in [1.29, 1.82) is 0 Å². The van der Waals surface area contributed by atoms with Gasteiger partial charge in [0.05, 0.1) is 16.6 Å². The van der Waals surface area contributed by atoms with Crippen molar-refractivity contribution in [3.05, 3.63) is 57.6 Å². The van der Waals surface area contributed by atoms with E-state index in [1.165, 1.54) is 6.07 Å². The average Bonchev–Trinajstić information content (AvgIpc) is 3.25. The van der Waals surface area contributed by atoms with Crippen molar-refractivity contribution in [1.82, 2.24) is 30.5 Å². The molecule has 0 amide bonds. The van der Waals surface area contributed by atoms with Crippen LogP contribution < -0.4 is 5.32 Å². The smallest absolute Gasteiger partial charge is 0.173 e. The zero-order valence-corrected chi connectivity index (χ0v) is 16.2. The lowest BCUT2D eigenvalue weighted by Crippen LogP contribution is -2.33. The van der Waals surface area contributed by atoms with E-state index < -0.39 is 0 Å². The first-order chi connectivity index (χ1) is 12.4. The summed E-state index contributed by atoms with van der Waals surface area (Å²) < 4.78 is 15.6. The van der Waals surface area contributed by atoms with E-state index in [-0.39, 0.29) is 17.4 Å². The lowest BCUT2D eigenvalue weighted by atomic mass is 10.0. The number of aryl methyl sites for hydroxylation is 1. The van der Waals surface area contributed by atoms with E-state index in [2.05, 4.69) is 46.6 Å². The van der Waals surface area contributed by atoms with Gasteiger partial charge >= 0.3 is 0 Å².